The number of anilines is 1. The van der Waals surface area contributed by atoms with Gasteiger partial charge in [0.05, 0.1) is 5.56 Å². The van der Waals surface area contributed by atoms with Crippen molar-refractivity contribution >= 4 is 51.7 Å². The first kappa shape index (κ1) is 24.1. The minimum absolute atomic E-state index is 0.0606. The van der Waals surface area contributed by atoms with Gasteiger partial charge in [-0.25, -0.2) is 0 Å². The molecule has 0 bridgehead atoms. The van der Waals surface area contributed by atoms with Gasteiger partial charge in [0, 0.05) is 20.8 Å². The minimum Gasteiger partial charge on any atom is -0.354 e. The highest BCUT2D eigenvalue weighted by Crippen LogP contribution is 2.33. The number of halogens is 2. The molecule has 1 N–H and O–H groups in total. The quantitative estimate of drug-likeness (QED) is 0.302. The average Bonchev–Trinajstić information content (AvgIpc) is 2.79. The maximum absolute atomic E-state index is 13.9. The van der Waals surface area contributed by atoms with E-state index in [-0.39, 0.29) is 17.7 Å². The summed E-state index contributed by atoms with van der Waals surface area (Å²) >= 11 is 8.32. The Morgan fingerprint density at radius 3 is 2.42 bits per heavy atom. The van der Waals surface area contributed by atoms with Gasteiger partial charge in [-0.05, 0) is 84.2 Å². The van der Waals surface area contributed by atoms with Crippen LogP contribution in [0.15, 0.2) is 48.5 Å². The summed E-state index contributed by atoms with van der Waals surface area (Å²) in [5.74, 6) is -0.0699. The van der Waals surface area contributed by atoms with Crippen molar-refractivity contribution in [3.05, 3.63) is 62.7 Å². The summed E-state index contributed by atoms with van der Waals surface area (Å²) in [6, 6.07) is 14.2. The van der Waals surface area contributed by atoms with Crippen molar-refractivity contribution in [1.29, 1.82) is 0 Å². The summed E-state index contributed by atoms with van der Waals surface area (Å²) in [5.41, 5.74) is 1.32. The van der Waals surface area contributed by atoms with Gasteiger partial charge in [-0.15, -0.1) is 0 Å². The number of carbonyl (C=O) groups excluding carboxylic acids is 2. The molecule has 1 unspecified atom stereocenters. The van der Waals surface area contributed by atoms with E-state index in [0.717, 1.165) is 42.1 Å². The number of carbonyl (C=O) groups is 2. The monoisotopic (exact) mass is 552 g/mol. The van der Waals surface area contributed by atoms with Gasteiger partial charge >= 0.3 is 0 Å². The van der Waals surface area contributed by atoms with Crippen molar-refractivity contribution in [2.45, 2.75) is 57.9 Å². The smallest absolute Gasteiger partial charge is 0.260 e. The molecule has 1 atom stereocenters. The SMILES string of the molecule is CCCCNC(=O)C(C1CCCCC1)N(C(=O)c1ccccc1I)c1ccc(Cl)cc1. The molecule has 4 nitrogen and oxygen atoms in total. The van der Waals surface area contributed by atoms with E-state index in [4.69, 9.17) is 11.6 Å². The van der Waals surface area contributed by atoms with E-state index in [9.17, 15) is 9.59 Å². The van der Waals surface area contributed by atoms with E-state index >= 15 is 0 Å². The lowest BCUT2D eigenvalue weighted by atomic mass is 9.82. The number of hydrogen-bond donors (Lipinski definition) is 1. The van der Waals surface area contributed by atoms with Crippen LogP contribution in [0.4, 0.5) is 5.69 Å². The normalized spacial score (nSPS) is 15.3. The van der Waals surface area contributed by atoms with Crippen LogP contribution >= 0.6 is 34.2 Å². The molecule has 1 fully saturated rings. The van der Waals surface area contributed by atoms with Gasteiger partial charge in [-0.3, -0.25) is 14.5 Å². The molecule has 2 aromatic rings. The van der Waals surface area contributed by atoms with Gasteiger partial charge in [0.25, 0.3) is 5.91 Å². The number of benzene rings is 2. The Morgan fingerprint density at radius 1 is 1.10 bits per heavy atom. The predicted molar refractivity (Wildman–Crippen MR) is 136 cm³/mol. The first-order chi connectivity index (χ1) is 15.0. The van der Waals surface area contributed by atoms with Crippen molar-refractivity contribution in [3.8, 4) is 0 Å². The Bertz CT molecular complexity index is 881. The highest BCUT2D eigenvalue weighted by atomic mass is 127. The van der Waals surface area contributed by atoms with Crippen LogP contribution in [0, 0.1) is 9.49 Å². The molecule has 166 valence electrons. The van der Waals surface area contributed by atoms with Crippen molar-refractivity contribution in [3.63, 3.8) is 0 Å². The third-order valence-corrected chi connectivity index (χ3v) is 7.09. The molecule has 6 heteroatoms. The zero-order chi connectivity index (χ0) is 22.2. The molecule has 0 spiro atoms. The Morgan fingerprint density at radius 2 is 1.77 bits per heavy atom. The van der Waals surface area contributed by atoms with E-state index < -0.39 is 6.04 Å². The number of hydrogen-bond acceptors (Lipinski definition) is 2. The second kappa shape index (κ2) is 11.9. The number of nitrogens with zero attached hydrogens (tertiary/aromatic N) is 1. The first-order valence-electron chi connectivity index (χ1n) is 11.1. The molecular weight excluding hydrogens is 523 g/mol. The highest BCUT2D eigenvalue weighted by molar-refractivity contribution is 14.1. The molecule has 0 radical (unpaired) electrons. The van der Waals surface area contributed by atoms with E-state index in [1.165, 1.54) is 6.42 Å². The fourth-order valence-corrected chi connectivity index (χ4v) is 5.00. The lowest BCUT2D eigenvalue weighted by Gasteiger charge is -2.38. The summed E-state index contributed by atoms with van der Waals surface area (Å²) in [7, 11) is 0. The van der Waals surface area contributed by atoms with Gasteiger partial charge in [0.2, 0.25) is 5.91 Å². The van der Waals surface area contributed by atoms with E-state index in [0.29, 0.717) is 22.8 Å². The Labute approximate surface area is 203 Å². The molecule has 1 aliphatic carbocycles. The molecular formula is C25H30ClIN2O2. The van der Waals surface area contributed by atoms with Crippen LogP contribution in [0.5, 0.6) is 0 Å². The molecule has 1 aliphatic rings. The highest BCUT2D eigenvalue weighted by Gasteiger charge is 2.38. The van der Waals surface area contributed by atoms with Gasteiger partial charge in [-0.1, -0.05) is 56.3 Å². The summed E-state index contributed by atoms with van der Waals surface area (Å²) in [6.07, 6.45) is 7.21. The molecule has 31 heavy (non-hydrogen) atoms. The predicted octanol–water partition coefficient (Wildman–Crippen LogP) is 6.46. The zero-order valence-electron chi connectivity index (χ0n) is 17.9. The second-order valence-corrected chi connectivity index (χ2v) is 9.72. The summed E-state index contributed by atoms with van der Waals surface area (Å²) in [6.45, 7) is 2.73. The average molecular weight is 553 g/mol. The fourth-order valence-electron chi connectivity index (χ4n) is 4.26. The number of amides is 2. The number of unbranched alkanes of at least 4 members (excludes halogenated alkanes) is 1. The maximum atomic E-state index is 13.9. The molecule has 0 aliphatic heterocycles. The van der Waals surface area contributed by atoms with Crippen molar-refractivity contribution in [1.82, 2.24) is 5.32 Å². The van der Waals surface area contributed by atoms with E-state index in [1.807, 2.05) is 36.4 Å². The van der Waals surface area contributed by atoms with Gasteiger partial charge in [-0.2, -0.15) is 0 Å². The third kappa shape index (κ3) is 6.22. The standard InChI is InChI=1S/C25H30ClIN2O2/c1-2-3-17-28-24(30)23(18-9-5-4-6-10-18)29(20-15-13-19(26)14-16-20)25(31)21-11-7-8-12-22(21)27/h7-8,11-16,18,23H,2-6,9-10,17H2,1H3,(H,28,30). The van der Waals surface area contributed by atoms with Crippen LogP contribution in [0.2, 0.25) is 5.02 Å². The van der Waals surface area contributed by atoms with Crippen LogP contribution in [-0.4, -0.2) is 24.4 Å². The van der Waals surface area contributed by atoms with Crippen LogP contribution in [0.3, 0.4) is 0 Å². The summed E-state index contributed by atoms with van der Waals surface area (Å²) in [4.78, 5) is 29.1. The van der Waals surface area contributed by atoms with Crippen LogP contribution in [-0.2, 0) is 4.79 Å². The lowest BCUT2D eigenvalue weighted by molar-refractivity contribution is -0.123. The molecule has 0 aromatic heterocycles. The van der Waals surface area contributed by atoms with Gasteiger partial charge < -0.3 is 5.32 Å². The molecule has 0 saturated heterocycles. The van der Waals surface area contributed by atoms with Crippen molar-refractivity contribution in [2.24, 2.45) is 5.92 Å². The molecule has 2 aromatic carbocycles. The Kier molecular flexibility index (Phi) is 9.20. The molecule has 3 rings (SSSR count). The van der Waals surface area contributed by atoms with Crippen LogP contribution in [0.25, 0.3) is 0 Å². The number of nitrogens with one attached hydrogen (secondary N) is 1. The topological polar surface area (TPSA) is 49.4 Å². The lowest BCUT2D eigenvalue weighted by Crippen LogP contribution is -2.54. The van der Waals surface area contributed by atoms with E-state index in [2.05, 4.69) is 34.8 Å². The minimum atomic E-state index is -0.540. The van der Waals surface area contributed by atoms with Gasteiger partial charge in [0.1, 0.15) is 6.04 Å². The van der Waals surface area contributed by atoms with E-state index in [1.54, 1.807) is 17.0 Å². The van der Waals surface area contributed by atoms with Crippen molar-refractivity contribution in [2.75, 3.05) is 11.4 Å². The second-order valence-electron chi connectivity index (χ2n) is 8.12. The Balaban J connectivity index is 2.05. The summed E-state index contributed by atoms with van der Waals surface area (Å²) < 4.78 is 0.873. The van der Waals surface area contributed by atoms with Gasteiger partial charge in [0.15, 0.2) is 0 Å². The summed E-state index contributed by atoms with van der Waals surface area (Å²) in [5, 5.41) is 3.71. The van der Waals surface area contributed by atoms with Crippen LogP contribution in [0.1, 0.15) is 62.2 Å². The molecule has 0 heterocycles. The first-order valence-corrected chi connectivity index (χ1v) is 12.6. The van der Waals surface area contributed by atoms with Crippen LogP contribution < -0.4 is 10.2 Å². The molecule has 1 saturated carbocycles. The maximum Gasteiger partial charge on any atom is 0.260 e. The fraction of sp³-hybridized carbons (Fsp3) is 0.440. The number of rotatable bonds is 8. The zero-order valence-corrected chi connectivity index (χ0v) is 20.9. The third-order valence-electron chi connectivity index (χ3n) is 5.90. The Hall–Kier alpha value is -1.60. The molecule has 2 amide bonds. The van der Waals surface area contributed by atoms with Crippen molar-refractivity contribution < 1.29 is 9.59 Å². The largest absolute Gasteiger partial charge is 0.354 e.